The van der Waals surface area contributed by atoms with Crippen LogP contribution >= 0.6 is 0 Å². The van der Waals surface area contributed by atoms with Gasteiger partial charge in [-0.2, -0.15) is 0 Å². The minimum atomic E-state index is -0.287. The molecule has 1 atom stereocenters. The highest BCUT2D eigenvalue weighted by atomic mass is 16.3. The van der Waals surface area contributed by atoms with Crippen molar-refractivity contribution in [3.63, 3.8) is 0 Å². The lowest BCUT2D eigenvalue weighted by atomic mass is 9.98. The molecule has 2 N–H and O–H groups in total. The zero-order valence-corrected chi connectivity index (χ0v) is 5.30. The lowest BCUT2D eigenvalue weighted by molar-refractivity contribution is 0.130. The largest absolute Gasteiger partial charge is 0.396 e. The summed E-state index contributed by atoms with van der Waals surface area (Å²) in [5, 5.41) is 17.2. The van der Waals surface area contributed by atoms with Gasteiger partial charge in [-0.25, -0.2) is 0 Å². The highest BCUT2D eigenvalue weighted by Crippen LogP contribution is 1.97. The lowest BCUT2D eigenvalue weighted by Gasteiger charge is -2.04. The molecule has 0 rings (SSSR count). The first-order valence-electron chi connectivity index (χ1n) is 3.10. The van der Waals surface area contributed by atoms with Crippen molar-refractivity contribution in [2.45, 2.75) is 25.3 Å². The van der Waals surface area contributed by atoms with Crippen LogP contribution in [0.25, 0.3) is 0 Å². The van der Waals surface area contributed by atoms with Gasteiger partial charge in [0.25, 0.3) is 0 Å². The number of rotatable bonds is 4. The summed E-state index contributed by atoms with van der Waals surface area (Å²) in [6.07, 6.45) is 2.03. The summed E-state index contributed by atoms with van der Waals surface area (Å²) in [7, 11) is 2.01. The SMILES string of the molecule is BCCC(O)CCO. The molecular weight excluding hydrogens is 103 g/mol. The second-order valence-electron chi connectivity index (χ2n) is 1.95. The molecule has 2 nitrogen and oxygen atoms in total. The van der Waals surface area contributed by atoms with Gasteiger partial charge in [-0.15, -0.1) is 0 Å². The molecule has 0 heterocycles. The zero-order valence-electron chi connectivity index (χ0n) is 5.30. The average Bonchev–Trinajstić information content (AvgIpc) is 1.68. The van der Waals surface area contributed by atoms with Crippen LogP contribution in [0.4, 0.5) is 0 Å². The van der Waals surface area contributed by atoms with Crippen LogP contribution in [0.5, 0.6) is 0 Å². The molecule has 0 fully saturated rings. The molecule has 0 saturated heterocycles. The van der Waals surface area contributed by atoms with Gasteiger partial charge in [0.1, 0.15) is 7.85 Å². The highest BCUT2D eigenvalue weighted by Gasteiger charge is 1.98. The maximum Gasteiger partial charge on any atom is 0.101 e. The van der Waals surface area contributed by atoms with Gasteiger partial charge in [0.2, 0.25) is 0 Å². The van der Waals surface area contributed by atoms with E-state index in [0.717, 1.165) is 12.7 Å². The second kappa shape index (κ2) is 5.13. The van der Waals surface area contributed by atoms with E-state index in [-0.39, 0.29) is 12.7 Å². The molecule has 0 saturated carbocycles. The number of aliphatic hydroxyl groups is 2. The van der Waals surface area contributed by atoms with Crippen LogP contribution in [0.3, 0.4) is 0 Å². The van der Waals surface area contributed by atoms with Crippen LogP contribution in [0.15, 0.2) is 0 Å². The maximum atomic E-state index is 8.89. The Kier molecular flexibility index (Phi) is 5.12. The van der Waals surface area contributed by atoms with E-state index in [1.165, 1.54) is 0 Å². The predicted octanol–water partition coefficient (Wildman–Crippen LogP) is -0.829. The van der Waals surface area contributed by atoms with Crippen molar-refractivity contribution in [2.75, 3.05) is 6.61 Å². The van der Waals surface area contributed by atoms with Gasteiger partial charge in [0.15, 0.2) is 0 Å². The Balaban J connectivity index is 2.92. The fourth-order valence-electron chi connectivity index (χ4n) is 0.627. The lowest BCUT2D eigenvalue weighted by Crippen LogP contribution is -2.07. The molecule has 0 aromatic heterocycles. The van der Waals surface area contributed by atoms with E-state index in [0.29, 0.717) is 6.42 Å². The zero-order chi connectivity index (χ0) is 6.41. The third-order valence-electron chi connectivity index (χ3n) is 1.08. The van der Waals surface area contributed by atoms with Crippen molar-refractivity contribution in [3.05, 3.63) is 0 Å². The van der Waals surface area contributed by atoms with Crippen molar-refractivity contribution in [3.8, 4) is 0 Å². The Hall–Kier alpha value is -0.0151. The van der Waals surface area contributed by atoms with Crippen molar-refractivity contribution in [1.82, 2.24) is 0 Å². The van der Waals surface area contributed by atoms with Crippen LogP contribution in [-0.2, 0) is 0 Å². The summed E-state index contributed by atoms with van der Waals surface area (Å²) < 4.78 is 0. The first-order valence-corrected chi connectivity index (χ1v) is 3.10. The second-order valence-corrected chi connectivity index (χ2v) is 1.95. The molecule has 8 heavy (non-hydrogen) atoms. The van der Waals surface area contributed by atoms with E-state index in [1.807, 2.05) is 7.85 Å². The van der Waals surface area contributed by atoms with Crippen molar-refractivity contribution >= 4 is 7.85 Å². The van der Waals surface area contributed by atoms with Crippen LogP contribution in [-0.4, -0.2) is 30.8 Å². The van der Waals surface area contributed by atoms with Gasteiger partial charge in [0.05, 0.1) is 6.10 Å². The summed E-state index contributed by atoms with van der Waals surface area (Å²) in [4.78, 5) is 0. The van der Waals surface area contributed by atoms with Gasteiger partial charge in [-0.3, -0.25) is 0 Å². The fourth-order valence-corrected chi connectivity index (χ4v) is 0.627. The summed E-state index contributed by atoms with van der Waals surface area (Å²) in [5.41, 5.74) is 0. The Morgan fingerprint density at radius 2 is 2.00 bits per heavy atom. The molecule has 0 aliphatic carbocycles. The van der Waals surface area contributed by atoms with Gasteiger partial charge in [0, 0.05) is 6.61 Å². The summed E-state index contributed by atoms with van der Waals surface area (Å²) in [6, 6.07) is 0. The van der Waals surface area contributed by atoms with E-state index in [1.54, 1.807) is 0 Å². The number of hydrogen-bond donors (Lipinski definition) is 2. The molecular formula is C5H13BO2. The topological polar surface area (TPSA) is 40.5 Å². The van der Waals surface area contributed by atoms with E-state index >= 15 is 0 Å². The van der Waals surface area contributed by atoms with Crippen LogP contribution in [0.2, 0.25) is 6.32 Å². The number of hydrogen-bond acceptors (Lipinski definition) is 2. The summed E-state index contributed by atoms with van der Waals surface area (Å²) >= 11 is 0. The number of aliphatic hydroxyl groups excluding tert-OH is 2. The van der Waals surface area contributed by atoms with Gasteiger partial charge < -0.3 is 10.2 Å². The first-order chi connectivity index (χ1) is 3.81. The molecule has 0 aliphatic rings. The minimum absolute atomic E-state index is 0.0984. The van der Waals surface area contributed by atoms with E-state index in [4.69, 9.17) is 10.2 Å². The average molecular weight is 116 g/mol. The monoisotopic (exact) mass is 116 g/mol. The fraction of sp³-hybridized carbons (Fsp3) is 1.00. The Bertz CT molecular complexity index is 43.7. The third-order valence-corrected chi connectivity index (χ3v) is 1.08. The molecule has 3 heteroatoms. The van der Waals surface area contributed by atoms with E-state index in [9.17, 15) is 0 Å². The summed E-state index contributed by atoms with van der Waals surface area (Å²) in [5.74, 6) is 0. The van der Waals surface area contributed by atoms with Crippen molar-refractivity contribution < 1.29 is 10.2 Å². The maximum absolute atomic E-state index is 8.89. The molecule has 48 valence electrons. The van der Waals surface area contributed by atoms with E-state index in [2.05, 4.69) is 0 Å². The normalized spacial score (nSPS) is 13.8. The molecule has 0 amide bonds. The molecule has 0 aromatic carbocycles. The molecule has 0 aliphatic heterocycles. The van der Waals surface area contributed by atoms with Crippen LogP contribution in [0.1, 0.15) is 12.8 Å². The first kappa shape index (κ1) is 7.98. The molecule has 0 radical (unpaired) electrons. The van der Waals surface area contributed by atoms with Gasteiger partial charge in [-0.05, 0) is 12.8 Å². The molecule has 0 aromatic rings. The molecule has 0 bridgehead atoms. The predicted molar refractivity (Wildman–Crippen MR) is 35.7 cm³/mol. The quantitative estimate of drug-likeness (QED) is 0.470. The smallest absolute Gasteiger partial charge is 0.101 e. The molecule has 0 spiro atoms. The Morgan fingerprint density at radius 3 is 2.38 bits per heavy atom. The van der Waals surface area contributed by atoms with Crippen LogP contribution < -0.4 is 0 Å². The summed E-state index contributed by atoms with van der Waals surface area (Å²) in [6.45, 7) is 0.0984. The van der Waals surface area contributed by atoms with Gasteiger partial charge in [-0.1, -0.05) is 6.32 Å². The Morgan fingerprint density at radius 1 is 1.38 bits per heavy atom. The van der Waals surface area contributed by atoms with Gasteiger partial charge >= 0.3 is 0 Å². The van der Waals surface area contributed by atoms with E-state index < -0.39 is 0 Å². The molecule has 1 unspecified atom stereocenters. The Labute approximate surface area is 50.9 Å². The minimum Gasteiger partial charge on any atom is -0.396 e. The van der Waals surface area contributed by atoms with Crippen molar-refractivity contribution in [2.24, 2.45) is 0 Å². The van der Waals surface area contributed by atoms with Crippen LogP contribution in [0, 0.1) is 0 Å². The third kappa shape index (κ3) is 4.15. The van der Waals surface area contributed by atoms with Crippen molar-refractivity contribution in [1.29, 1.82) is 0 Å². The standard InChI is InChI=1S/C5H13BO2/c6-3-1-5(8)2-4-7/h5,7-8H,1-4,6H2. The highest BCUT2D eigenvalue weighted by molar-refractivity contribution is 6.08.